The molecule has 0 bridgehead atoms. The average molecular weight is 402 g/mol. The number of nitrogens with two attached hydrogens (primary N) is 1. The zero-order chi connectivity index (χ0) is 21.6. The van der Waals surface area contributed by atoms with Crippen LogP contribution in [0.5, 0.6) is 5.75 Å². The maximum atomic E-state index is 13.9. The highest BCUT2D eigenvalue weighted by molar-refractivity contribution is 6.02. The van der Waals surface area contributed by atoms with Crippen LogP contribution in [0.4, 0.5) is 14.6 Å². The van der Waals surface area contributed by atoms with E-state index < -0.39 is 5.92 Å². The third-order valence-corrected chi connectivity index (χ3v) is 4.58. The van der Waals surface area contributed by atoms with Gasteiger partial charge >= 0.3 is 0 Å². The molecule has 2 aromatic rings. The minimum atomic E-state index is -2.95. The lowest BCUT2D eigenvalue weighted by Crippen LogP contribution is -2.12. The number of nitrogens with zero attached hydrogens (tertiary/aromatic N) is 2. The summed E-state index contributed by atoms with van der Waals surface area (Å²) in [6, 6.07) is 6.81. The van der Waals surface area contributed by atoms with E-state index in [1.54, 1.807) is 12.3 Å². The number of alkyl halides is 2. The van der Waals surface area contributed by atoms with Gasteiger partial charge in [-0.05, 0) is 56.4 Å². The quantitative estimate of drug-likeness (QED) is 0.425. The fourth-order valence-electron chi connectivity index (χ4n) is 3.05. The monoisotopic (exact) mass is 401 g/mol. The summed E-state index contributed by atoms with van der Waals surface area (Å²) in [7, 11) is 0. The molecule has 1 aromatic heterocycles. The highest BCUT2D eigenvalue weighted by Crippen LogP contribution is 2.37. The molecule has 29 heavy (non-hydrogen) atoms. The summed E-state index contributed by atoms with van der Waals surface area (Å²) in [6.07, 6.45) is 3.54. The predicted molar refractivity (Wildman–Crippen MR) is 115 cm³/mol. The molecule has 0 aliphatic rings. The van der Waals surface area contributed by atoms with Crippen molar-refractivity contribution >= 4 is 11.5 Å². The summed E-state index contributed by atoms with van der Waals surface area (Å²) < 4.78 is 33.6. The molecule has 156 valence electrons. The molecular formula is C23H29F2N3O. The van der Waals surface area contributed by atoms with E-state index in [1.165, 1.54) is 6.07 Å². The van der Waals surface area contributed by atoms with Crippen molar-refractivity contribution in [3.05, 3.63) is 65.0 Å². The number of aromatic nitrogens is 1. The number of benzene rings is 1. The van der Waals surface area contributed by atoms with Gasteiger partial charge in [0.15, 0.2) is 0 Å². The number of para-hydroxylation sites is 1. The molecule has 2 N–H and O–H groups in total. The molecule has 1 heterocycles. The summed E-state index contributed by atoms with van der Waals surface area (Å²) in [5.41, 5.74) is 9.83. The van der Waals surface area contributed by atoms with Gasteiger partial charge in [-0.25, -0.2) is 13.8 Å². The SMILES string of the molecule is C=C(CCCOc1c(CC)cccc1C(C)(F)F)N=C(C)c1cc(C)cnc1N. The van der Waals surface area contributed by atoms with Crippen molar-refractivity contribution in [2.75, 3.05) is 12.3 Å². The number of pyridine rings is 1. The second-order valence-corrected chi connectivity index (χ2v) is 7.20. The van der Waals surface area contributed by atoms with Crippen molar-refractivity contribution in [1.29, 1.82) is 0 Å². The third kappa shape index (κ3) is 6.11. The minimum absolute atomic E-state index is 0.0769. The standard InChI is InChI=1S/C23H29F2N3O/c1-6-18-10-7-11-20(23(5,24)25)21(18)29-12-8-9-16(3)28-17(4)19-13-15(2)14-27-22(19)26/h7,10-11,13-14H,3,6,8-9,12H2,1-2,4-5H3,(H2,26,27). The van der Waals surface area contributed by atoms with Gasteiger partial charge in [-0.3, -0.25) is 4.99 Å². The molecule has 0 aliphatic carbocycles. The van der Waals surface area contributed by atoms with Crippen molar-refractivity contribution in [2.45, 2.75) is 52.9 Å². The number of halogens is 2. The van der Waals surface area contributed by atoms with Crippen LogP contribution in [0.2, 0.25) is 0 Å². The Morgan fingerprint density at radius 1 is 1.34 bits per heavy atom. The number of rotatable bonds is 9. The van der Waals surface area contributed by atoms with Crippen molar-refractivity contribution in [3.63, 3.8) is 0 Å². The average Bonchev–Trinajstić information content (AvgIpc) is 2.66. The Morgan fingerprint density at radius 3 is 2.72 bits per heavy atom. The van der Waals surface area contributed by atoms with Crippen molar-refractivity contribution in [1.82, 2.24) is 4.98 Å². The van der Waals surface area contributed by atoms with Gasteiger partial charge in [0.2, 0.25) is 0 Å². The predicted octanol–water partition coefficient (Wildman–Crippen LogP) is 5.83. The smallest absolute Gasteiger partial charge is 0.274 e. The molecule has 0 saturated heterocycles. The number of aryl methyl sites for hydroxylation is 2. The normalized spacial score (nSPS) is 12.1. The number of allylic oxidation sites excluding steroid dienone is 1. The van der Waals surface area contributed by atoms with E-state index >= 15 is 0 Å². The second kappa shape index (κ2) is 9.63. The van der Waals surface area contributed by atoms with Gasteiger partial charge in [0.05, 0.1) is 12.2 Å². The molecule has 0 unspecified atom stereocenters. The van der Waals surface area contributed by atoms with E-state index in [0.717, 1.165) is 29.3 Å². The van der Waals surface area contributed by atoms with Crippen LogP contribution in [0.15, 0.2) is 47.7 Å². The van der Waals surface area contributed by atoms with E-state index in [4.69, 9.17) is 10.5 Å². The molecule has 0 amide bonds. The van der Waals surface area contributed by atoms with Crippen LogP contribution in [-0.2, 0) is 12.3 Å². The van der Waals surface area contributed by atoms with Crippen LogP contribution >= 0.6 is 0 Å². The number of hydrogen-bond acceptors (Lipinski definition) is 4. The topological polar surface area (TPSA) is 60.5 Å². The molecule has 0 radical (unpaired) electrons. The van der Waals surface area contributed by atoms with Crippen LogP contribution in [0.25, 0.3) is 0 Å². The van der Waals surface area contributed by atoms with Crippen molar-refractivity contribution in [2.24, 2.45) is 4.99 Å². The van der Waals surface area contributed by atoms with E-state index in [-0.39, 0.29) is 11.3 Å². The van der Waals surface area contributed by atoms with Gasteiger partial charge < -0.3 is 10.5 Å². The van der Waals surface area contributed by atoms with Crippen molar-refractivity contribution < 1.29 is 13.5 Å². The molecule has 0 spiro atoms. The van der Waals surface area contributed by atoms with Gasteiger partial charge in [-0.2, -0.15) is 0 Å². The highest BCUT2D eigenvalue weighted by Gasteiger charge is 2.29. The lowest BCUT2D eigenvalue weighted by atomic mass is 10.0. The van der Waals surface area contributed by atoms with Crippen LogP contribution in [0.1, 0.15) is 55.9 Å². The Morgan fingerprint density at radius 2 is 2.07 bits per heavy atom. The van der Waals surface area contributed by atoms with Gasteiger partial charge in [0.25, 0.3) is 5.92 Å². The fourth-order valence-corrected chi connectivity index (χ4v) is 3.05. The summed E-state index contributed by atoms with van der Waals surface area (Å²) in [6.45, 7) is 10.9. The van der Waals surface area contributed by atoms with Gasteiger partial charge in [-0.15, -0.1) is 0 Å². The Hall–Kier alpha value is -2.76. The van der Waals surface area contributed by atoms with E-state index in [1.807, 2.05) is 32.9 Å². The lowest BCUT2D eigenvalue weighted by Gasteiger charge is -2.19. The molecule has 6 heteroatoms. The molecule has 4 nitrogen and oxygen atoms in total. The van der Waals surface area contributed by atoms with Crippen LogP contribution in [-0.4, -0.2) is 17.3 Å². The Labute approximate surface area is 171 Å². The summed E-state index contributed by atoms with van der Waals surface area (Å²) in [4.78, 5) is 8.66. The van der Waals surface area contributed by atoms with Gasteiger partial charge in [0, 0.05) is 30.1 Å². The Kier molecular flexibility index (Phi) is 7.48. The lowest BCUT2D eigenvalue weighted by molar-refractivity contribution is 0.0143. The molecule has 0 fully saturated rings. The highest BCUT2D eigenvalue weighted by atomic mass is 19.3. The van der Waals surface area contributed by atoms with E-state index in [9.17, 15) is 8.78 Å². The number of aliphatic imine (C=N–C) groups is 1. The Balaban J connectivity index is 1.99. The van der Waals surface area contributed by atoms with Crippen LogP contribution < -0.4 is 10.5 Å². The molecular weight excluding hydrogens is 372 g/mol. The summed E-state index contributed by atoms with van der Waals surface area (Å²) in [5, 5.41) is 0. The minimum Gasteiger partial charge on any atom is -0.493 e. The largest absolute Gasteiger partial charge is 0.493 e. The van der Waals surface area contributed by atoms with Gasteiger partial charge in [0.1, 0.15) is 11.6 Å². The maximum Gasteiger partial charge on any atom is 0.274 e. The second-order valence-electron chi connectivity index (χ2n) is 7.20. The first-order valence-corrected chi connectivity index (χ1v) is 9.72. The number of anilines is 1. The maximum absolute atomic E-state index is 13.9. The van der Waals surface area contributed by atoms with Crippen LogP contribution in [0.3, 0.4) is 0 Å². The Bertz CT molecular complexity index is 901. The van der Waals surface area contributed by atoms with Crippen molar-refractivity contribution in [3.8, 4) is 5.75 Å². The molecule has 0 aliphatic heterocycles. The number of nitrogen functional groups attached to an aromatic ring is 1. The zero-order valence-electron chi connectivity index (χ0n) is 17.6. The first kappa shape index (κ1) is 22.5. The van der Waals surface area contributed by atoms with E-state index in [0.29, 0.717) is 37.4 Å². The molecule has 2 rings (SSSR count). The molecule has 1 aromatic carbocycles. The zero-order valence-corrected chi connectivity index (χ0v) is 17.6. The molecule has 0 saturated carbocycles. The molecule has 0 atom stereocenters. The van der Waals surface area contributed by atoms with Gasteiger partial charge in [-0.1, -0.05) is 25.6 Å². The summed E-state index contributed by atoms with van der Waals surface area (Å²) >= 11 is 0. The first-order chi connectivity index (χ1) is 13.6. The number of hydrogen-bond donors (Lipinski definition) is 1. The number of ether oxygens (including phenoxy) is 1. The van der Waals surface area contributed by atoms with E-state index in [2.05, 4.69) is 16.6 Å². The summed E-state index contributed by atoms with van der Waals surface area (Å²) in [5.74, 6) is -2.24. The fraction of sp³-hybridized carbons (Fsp3) is 0.391. The first-order valence-electron chi connectivity index (χ1n) is 9.72. The van der Waals surface area contributed by atoms with Crippen LogP contribution in [0, 0.1) is 6.92 Å². The third-order valence-electron chi connectivity index (χ3n) is 4.58.